The largest absolute Gasteiger partial charge is 0.490 e. The van der Waals surface area contributed by atoms with E-state index in [0.717, 1.165) is 34.6 Å². The molecule has 0 saturated heterocycles. The average molecular weight is 393 g/mol. The van der Waals surface area contributed by atoms with Crippen LogP contribution in [-0.2, 0) is 18.3 Å². The molecule has 29 heavy (non-hydrogen) atoms. The Hall–Kier alpha value is -3.02. The Morgan fingerprint density at radius 2 is 1.90 bits per heavy atom. The number of nitrogens with zero attached hydrogens (tertiary/aromatic N) is 2. The topological polar surface area (TPSA) is 65.4 Å². The zero-order valence-corrected chi connectivity index (χ0v) is 17.1. The van der Waals surface area contributed by atoms with Crippen molar-refractivity contribution in [1.29, 1.82) is 0 Å². The molecule has 1 N–H and O–H groups in total. The Bertz CT molecular complexity index is 1030. The smallest absolute Gasteiger partial charge is 0.225 e. The van der Waals surface area contributed by atoms with Gasteiger partial charge in [0.05, 0.1) is 36.7 Å². The van der Waals surface area contributed by atoms with Crippen molar-refractivity contribution in [3.63, 3.8) is 0 Å². The number of amides is 1. The van der Waals surface area contributed by atoms with Crippen LogP contribution in [0.4, 0.5) is 0 Å². The number of hydrogen-bond acceptors (Lipinski definition) is 4. The van der Waals surface area contributed by atoms with E-state index in [1.54, 1.807) is 0 Å². The number of ether oxygens (including phenoxy) is 2. The molecule has 2 heterocycles. The van der Waals surface area contributed by atoms with E-state index >= 15 is 0 Å². The van der Waals surface area contributed by atoms with Crippen molar-refractivity contribution in [3.05, 3.63) is 53.9 Å². The second-order valence-electron chi connectivity index (χ2n) is 7.82. The fourth-order valence-electron chi connectivity index (χ4n) is 3.70. The van der Waals surface area contributed by atoms with Gasteiger partial charge in [-0.05, 0) is 35.7 Å². The van der Waals surface area contributed by atoms with Gasteiger partial charge in [-0.2, -0.15) is 0 Å². The van der Waals surface area contributed by atoms with Gasteiger partial charge in [0.15, 0.2) is 11.5 Å². The Balaban J connectivity index is 1.52. The standard InChI is InChI=1S/C23H27N3O3/c1-15(2)22(23-24-17-7-4-5-8-18(17)26(23)3)25-21(27)14-16-9-10-19-20(13-16)29-12-6-11-28-19/h4-5,7-10,13,15,22H,6,11-12,14H2,1-3H3,(H,25,27)/t22-/m0/s1. The summed E-state index contributed by atoms with van der Waals surface area (Å²) < 4.78 is 13.5. The average Bonchev–Trinajstić information content (AvgIpc) is 2.87. The highest BCUT2D eigenvalue weighted by atomic mass is 16.5. The number of hydrogen-bond donors (Lipinski definition) is 1. The van der Waals surface area contributed by atoms with Gasteiger partial charge in [0.2, 0.25) is 5.91 Å². The molecule has 0 unspecified atom stereocenters. The number of aromatic nitrogens is 2. The van der Waals surface area contributed by atoms with Crippen LogP contribution in [0.25, 0.3) is 11.0 Å². The zero-order chi connectivity index (χ0) is 20.4. The maximum atomic E-state index is 12.8. The SMILES string of the molecule is CC(C)[C@H](NC(=O)Cc1ccc2c(c1)OCCCO2)c1nc2ccccc2n1C. The predicted octanol–water partition coefficient (Wildman–Crippen LogP) is 3.79. The molecule has 6 heteroatoms. The first-order chi connectivity index (χ1) is 14.0. The summed E-state index contributed by atoms with van der Waals surface area (Å²) in [5.41, 5.74) is 2.90. The highest BCUT2D eigenvalue weighted by molar-refractivity contribution is 5.80. The van der Waals surface area contributed by atoms with Crippen LogP contribution in [0.1, 0.15) is 37.7 Å². The number of para-hydroxylation sites is 2. The molecule has 152 valence electrons. The molecule has 1 aliphatic heterocycles. The van der Waals surface area contributed by atoms with Crippen LogP contribution in [0.3, 0.4) is 0 Å². The third kappa shape index (κ3) is 4.06. The summed E-state index contributed by atoms with van der Waals surface area (Å²) in [6.45, 7) is 5.47. The molecule has 0 spiro atoms. The Kier molecular flexibility index (Phi) is 5.43. The van der Waals surface area contributed by atoms with Crippen molar-refractivity contribution < 1.29 is 14.3 Å². The summed E-state index contributed by atoms with van der Waals surface area (Å²) in [5.74, 6) is 2.49. The first kappa shape index (κ1) is 19.3. The molecule has 0 radical (unpaired) electrons. The van der Waals surface area contributed by atoms with Gasteiger partial charge in [0.25, 0.3) is 0 Å². The van der Waals surface area contributed by atoms with Crippen molar-refractivity contribution in [2.75, 3.05) is 13.2 Å². The van der Waals surface area contributed by atoms with E-state index in [0.29, 0.717) is 19.0 Å². The van der Waals surface area contributed by atoms with Crippen molar-refractivity contribution in [2.24, 2.45) is 13.0 Å². The Morgan fingerprint density at radius 1 is 1.14 bits per heavy atom. The summed E-state index contributed by atoms with van der Waals surface area (Å²) in [6, 6.07) is 13.6. The van der Waals surface area contributed by atoms with Gasteiger partial charge in [-0.15, -0.1) is 0 Å². The second kappa shape index (κ2) is 8.15. The number of benzene rings is 2. The first-order valence-electron chi connectivity index (χ1n) is 10.1. The van der Waals surface area contributed by atoms with E-state index in [9.17, 15) is 4.79 Å². The van der Waals surface area contributed by atoms with E-state index in [1.807, 2.05) is 49.5 Å². The normalized spacial score (nSPS) is 14.6. The van der Waals surface area contributed by atoms with Crippen molar-refractivity contribution in [3.8, 4) is 11.5 Å². The maximum Gasteiger partial charge on any atom is 0.225 e. The molecule has 0 fully saturated rings. The van der Waals surface area contributed by atoms with E-state index in [4.69, 9.17) is 14.5 Å². The Labute approximate surface area is 170 Å². The van der Waals surface area contributed by atoms with Crippen molar-refractivity contribution in [2.45, 2.75) is 32.7 Å². The predicted molar refractivity (Wildman–Crippen MR) is 112 cm³/mol. The molecule has 1 aliphatic rings. The molecule has 0 saturated carbocycles. The highest BCUT2D eigenvalue weighted by Crippen LogP contribution is 2.31. The quantitative estimate of drug-likeness (QED) is 0.716. The third-order valence-electron chi connectivity index (χ3n) is 5.26. The number of carbonyl (C=O) groups excluding carboxylic acids is 1. The van der Waals surface area contributed by atoms with Crippen molar-refractivity contribution in [1.82, 2.24) is 14.9 Å². The summed E-state index contributed by atoms with van der Waals surface area (Å²) in [7, 11) is 2.00. The van der Waals surface area contributed by atoms with Gasteiger partial charge >= 0.3 is 0 Å². The number of rotatable bonds is 5. The van der Waals surface area contributed by atoms with Crippen LogP contribution in [0, 0.1) is 5.92 Å². The number of aryl methyl sites for hydroxylation is 1. The fourth-order valence-corrected chi connectivity index (χ4v) is 3.70. The minimum atomic E-state index is -0.166. The molecule has 4 rings (SSSR count). The summed E-state index contributed by atoms with van der Waals surface area (Å²) in [5, 5.41) is 3.18. The van der Waals surface area contributed by atoms with Crippen LogP contribution in [0.2, 0.25) is 0 Å². The van der Waals surface area contributed by atoms with Crippen LogP contribution in [-0.4, -0.2) is 28.7 Å². The number of carbonyl (C=O) groups is 1. The monoisotopic (exact) mass is 393 g/mol. The molecule has 1 atom stereocenters. The van der Waals surface area contributed by atoms with Crippen molar-refractivity contribution >= 4 is 16.9 Å². The lowest BCUT2D eigenvalue weighted by molar-refractivity contribution is -0.121. The van der Waals surface area contributed by atoms with E-state index in [1.165, 1.54) is 0 Å². The van der Waals surface area contributed by atoms with Gasteiger partial charge in [0, 0.05) is 13.5 Å². The molecule has 0 aliphatic carbocycles. The third-order valence-corrected chi connectivity index (χ3v) is 5.26. The van der Waals surface area contributed by atoms with Gasteiger partial charge in [-0.3, -0.25) is 4.79 Å². The summed E-state index contributed by atoms with van der Waals surface area (Å²) >= 11 is 0. The van der Waals surface area contributed by atoms with Gasteiger partial charge < -0.3 is 19.4 Å². The molecule has 1 amide bonds. The molecule has 6 nitrogen and oxygen atoms in total. The molecule has 1 aromatic heterocycles. The van der Waals surface area contributed by atoms with Gasteiger partial charge in [0.1, 0.15) is 5.82 Å². The minimum absolute atomic E-state index is 0.0368. The molecule has 2 aromatic carbocycles. The van der Waals surface area contributed by atoms with Gasteiger partial charge in [-0.1, -0.05) is 32.0 Å². The molecular formula is C23H27N3O3. The Morgan fingerprint density at radius 3 is 2.66 bits per heavy atom. The summed E-state index contributed by atoms with van der Waals surface area (Å²) in [4.78, 5) is 17.6. The highest BCUT2D eigenvalue weighted by Gasteiger charge is 2.24. The molecule has 0 bridgehead atoms. The molecule has 3 aromatic rings. The summed E-state index contributed by atoms with van der Waals surface area (Å²) in [6.07, 6.45) is 1.14. The zero-order valence-electron chi connectivity index (χ0n) is 17.1. The van der Waals surface area contributed by atoms with E-state index in [-0.39, 0.29) is 24.3 Å². The number of fused-ring (bicyclic) bond motifs is 2. The number of imidazole rings is 1. The fraction of sp³-hybridized carbons (Fsp3) is 0.391. The lowest BCUT2D eigenvalue weighted by Crippen LogP contribution is -2.34. The van der Waals surface area contributed by atoms with Crippen LogP contribution >= 0.6 is 0 Å². The second-order valence-corrected chi connectivity index (χ2v) is 7.82. The van der Waals surface area contributed by atoms with Crippen LogP contribution in [0.15, 0.2) is 42.5 Å². The van der Waals surface area contributed by atoms with E-state index in [2.05, 4.69) is 23.7 Å². The lowest BCUT2D eigenvalue weighted by atomic mass is 10.0. The minimum Gasteiger partial charge on any atom is -0.490 e. The number of nitrogens with one attached hydrogen (secondary N) is 1. The molecular weight excluding hydrogens is 366 g/mol. The van der Waals surface area contributed by atoms with Crippen LogP contribution in [0.5, 0.6) is 11.5 Å². The lowest BCUT2D eigenvalue weighted by Gasteiger charge is -2.22. The van der Waals surface area contributed by atoms with Gasteiger partial charge in [-0.25, -0.2) is 4.98 Å². The van der Waals surface area contributed by atoms with Crippen LogP contribution < -0.4 is 14.8 Å². The maximum absolute atomic E-state index is 12.8. The first-order valence-corrected chi connectivity index (χ1v) is 10.1. The van der Waals surface area contributed by atoms with E-state index < -0.39 is 0 Å².